The number of carbonyl (C=O) groups excluding carboxylic acids is 2. The molecule has 5 nitrogen and oxygen atoms in total. The van der Waals surface area contributed by atoms with Gasteiger partial charge in [0, 0.05) is 21.6 Å². The van der Waals surface area contributed by atoms with Gasteiger partial charge in [0.05, 0.1) is 5.56 Å². The zero-order chi connectivity index (χ0) is 18.4. The number of carbonyl (C=O) groups is 2. The minimum absolute atomic E-state index is 0.119. The van der Waals surface area contributed by atoms with Crippen molar-refractivity contribution in [2.45, 2.75) is 6.42 Å². The summed E-state index contributed by atoms with van der Waals surface area (Å²) in [5.74, 6) is -0.821. The lowest BCUT2D eigenvalue weighted by Gasteiger charge is -2.11. The molecule has 0 aromatic heterocycles. The normalized spacial score (nSPS) is 10.4. The first-order valence-corrected chi connectivity index (χ1v) is 8.43. The molecule has 2 rings (SSSR count). The van der Waals surface area contributed by atoms with Crippen molar-refractivity contribution in [3.8, 4) is 5.75 Å². The molecule has 0 radical (unpaired) electrons. The van der Waals surface area contributed by atoms with Gasteiger partial charge in [-0.05, 0) is 42.3 Å². The summed E-state index contributed by atoms with van der Waals surface area (Å²) >= 11 is 17.7. The van der Waals surface area contributed by atoms with Gasteiger partial charge in [0.15, 0.2) is 6.61 Å². The first kappa shape index (κ1) is 19.4. The summed E-state index contributed by atoms with van der Waals surface area (Å²) in [7, 11) is 0. The lowest BCUT2D eigenvalue weighted by Crippen LogP contribution is -2.31. The average molecular weight is 402 g/mol. The number of benzene rings is 2. The van der Waals surface area contributed by atoms with Gasteiger partial charge in [-0.1, -0.05) is 40.9 Å². The zero-order valence-corrected chi connectivity index (χ0v) is 15.3. The number of primary amides is 1. The molecule has 3 N–H and O–H groups in total. The number of rotatable bonds is 7. The monoisotopic (exact) mass is 400 g/mol. The van der Waals surface area contributed by atoms with E-state index in [1.54, 1.807) is 24.3 Å². The minimum Gasteiger partial charge on any atom is -0.483 e. The van der Waals surface area contributed by atoms with E-state index in [0.29, 0.717) is 28.0 Å². The Labute approximate surface area is 160 Å². The van der Waals surface area contributed by atoms with Gasteiger partial charge in [-0.2, -0.15) is 0 Å². The second-order valence-corrected chi connectivity index (χ2v) is 6.41. The van der Waals surface area contributed by atoms with Crippen LogP contribution in [0.25, 0.3) is 0 Å². The number of amides is 2. The molecule has 0 spiro atoms. The fraction of sp³-hybridized carbons (Fsp3) is 0.176. The molecular weight excluding hydrogens is 387 g/mol. The summed E-state index contributed by atoms with van der Waals surface area (Å²) in [6.45, 7) is 0.128. The zero-order valence-electron chi connectivity index (χ0n) is 13.0. The van der Waals surface area contributed by atoms with Gasteiger partial charge in [0.1, 0.15) is 5.75 Å². The number of halogens is 3. The van der Waals surface area contributed by atoms with Gasteiger partial charge in [-0.15, -0.1) is 0 Å². The van der Waals surface area contributed by atoms with E-state index < -0.39 is 5.91 Å². The SMILES string of the molecule is NC(=O)c1cc(Cl)ccc1OCC(=O)NCCc1ccc(Cl)cc1Cl. The third kappa shape index (κ3) is 5.81. The van der Waals surface area contributed by atoms with Crippen LogP contribution in [0.5, 0.6) is 5.75 Å². The van der Waals surface area contributed by atoms with Crippen LogP contribution in [0.4, 0.5) is 0 Å². The van der Waals surface area contributed by atoms with E-state index in [0.717, 1.165) is 5.56 Å². The van der Waals surface area contributed by atoms with Gasteiger partial charge in [-0.25, -0.2) is 0 Å². The van der Waals surface area contributed by atoms with Crippen LogP contribution in [0, 0.1) is 0 Å². The minimum atomic E-state index is -0.685. The predicted octanol–water partition coefficient (Wildman–Crippen LogP) is 3.48. The quantitative estimate of drug-likeness (QED) is 0.745. The van der Waals surface area contributed by atoms with E-state index in [1.807, 2.05) is 0 Å². The molecule has 2 aromatic rings. The second-order valence-electron chi connectivity index (χ2n) is 5.13. The van der Waals surface area contributed by atoms with E-state index in [-0.39, 0.29) is 23.8 Å². The summed E-state index contributed by atoms with van der Waals surface area (Å²) < 4.78 is 5.34. The highest BCUT2D eigenvalue weighted by Crippen LogP contribution is 2.23. The summed E-state index contributed by atoms with van der Waals surface area (Å²) in [6, 6.07) is 9.61. The molecule has 0 aliphatic heterocycles. The molecule has 2 amide bonds. The smallest absolute Gasteiger partial charge is 0.257 e. The fourth-order valence-corrected chi connectivity index (χ4v) is 2.75. The molecule has 25 heavy (non-hydrogen) atoms. The molecule has 132 valence electrons. The van der Waals surface area contributed by atoms with Crippen LogP contribution in [0.3, 0.4) is 0 Å². The van der Waals surface area contributed by atoms with E-state index >= 15 is 0 Å². The Bertz CT molecular complexity index is 797. The lowest BCUT2D eigenvalue weighted by molar-refractivity contribution is -0.123. The number of ether oxygens (including phenoxy) is 1. The van der Waals surface area contributed by atoms with Crippen LogP contribution >= 0.6 is 34.8 Å². The summed E-state index contributed by atoms with van der Waals surface area (Å²) in [5, 5.41) is 4.16. The van der Waals surface area contributed by atoms with Gasteiger partial charge in [0.25, 0.3) is 11.8 Å². The van der Waals surface area contributed by atoms with Gasteiger partial charge in [-0.3, -0.25) is 9.59 Å². The standard InChI is InChI=1S/C17H15Cl3N2O3/c18-11-3-4-15(13(7-11)17(21)24)25-9-16(23)22-6-5-10-1-2-12(19)8-14(10)20/h1-4,7-8H,5-6,9H2,(H2,21,24)(H,22,23). The topological polar surface area (TPSA) is 81.4 Å². The molecule has 0 bridgehead atoms. The highest BCUT2D eigenvalue weighted by molar-refractivity contribution is 6.35. The van der Waals surface area contributed by atoms with E-state index in [2.05, 4.69) is 5.32 Å². The van der Waals surface area contributed by atoms with Crippen molar-refractivity contribution in [2.75, 3.05) is 13.2 Å². The van der Waals surface area contributed by atoms with Gasteiger partial charge >= 0.3 is 0 Å². The maximum atomic E-state index is 11.9. The third-order valence-electron chi connectivity index (χ3n) is 3.30. The molecule has 0 aliphatic rings. The molecule has 0 aliphatic carbocycles. The molecule has 0 atom stereocenters. The fourth-order valence-electron chi connectivity index (χ4n) is 2.08. The summed E-state index contributed by atoms with van der Waals surface area (Å²) in [6.07, 6.45) is 0.551. The van der Waals surface area contributed by atoms with Gasteiger partial charge < -0.3 is 15.8 Å². The molecule has 0 fully saturated rings. The number of nitrogens with one attached hydrogen (secondary N) is 1. The first-order chi connectivity index (χ1) is 11.9. The Morgan fingerprint density at radius 2 is 1.72 bits per heavy atom. The van der Waals surface area contributed by atoms with E-state index in [4.69, 9.17) is 45.3 Å². The predicted molar refractivity (Wildman–Crippen MR) is 98.6 cm³/mol. The Morgan fingerprint density at radius 1 is 1.04 bits per heavy atom. The van der Waals surface area contributed by atoms with Crippen molar-refractivity contribution >= 4 is 46.6 Å². The van der Waals surface area contributed by atoms with Crippen LogP contribution in [0.2, 0.25) is 15.1 Å². The van der Waals surface area contributed by atoms with Crippen LogP contribution in [-0.4, -0.2) is 25.0 Å². The number of hydrogen-bond donors (Lipinski definition) is 2. The van der Waals surface area contributed by atoms with Crippen molar-refractivity contribution in [1.82, 2.24) is 5.32 Å². The number of nitrogens with two attached hydrogens (primary N) is 1. The largest absolute Gasteiger partial charge is 0.483 e. The summed E-state index contributed by atoms with van der Waals surface area (Å²) in [4.78, 5) is 23.2. The molecule has 0 saturated carbocycles. The van der Waals surface area contributed by atoms with Crippen molar-refractivity contribution in [1.29, 1.82) is 0 Å². The Morgan fingerprint density at radius 3 is 2.40 bits per heavy atom. The third-order valence-corrected chi connectivity index (χ3v) is 4.12. The van der Waals surface area contributed by atoms with Crippen LogP contribution in [0.15, 0.2) is 36.4 Å². The lowest BCUT2D eigenvalue weighted by atomic mass is 10.1. The van der Waals surface area contributed by atoms with Crippen molar-refractivity contribution in [3.05, 3.63) is 62.6 Å². The molecule has 0 unspecified atom stereocenters. The first-order valence-electron chi connectivity index (χ1n) is 7.29. The Kier molecular flexibility index (Phi) is 6.93. The Balaban J connectivity index is 1.84. The molecule has 0 saturated heterocycles. The highest BCUT2D eigenvalue weighted by atomic mass is 35.5. The van der Waals surface area contributed by atoms with Crippen LogP contribution < -0.4 is 15.8 Å². The summed E-state index contributed by atoms with van der Waals surface area (Å²) in [5.41, 5.74) is 6.25. The van der Waals surface area contributed by atoms with Crippen LogP contribution in [0.1, 0.15) is 15.9 Å². The maximum Gasteiger partial charge on any atom is 0.257 e. The van der Waals surface area contributed by atoms with Gasteiger partial charge in [0.2, 0.25) is 0 Å². The van der Waals surface area contributed by atoms with Crippen LogP contribution in [-0.2, 0) is 11.2 Å². The Hall–Kier alpha value is -1.95. The van der Waals surface area contributed by atoms with Crippen molar-refractivity contribution < 1.29 is 14.3 Å². The second kappa shape index (κ2) is 8.94. The van der Waals surface area contributed by atoms with Crippen molar-refractivity contribution in [3.63, 3.8) is 0 Å². The molecule has 8 heteroatoms. The molecule has 2 aromatic carbocycles. The van der Waals surface area contributed by atoms with E-state index in [1.165, 1.54) is 12.1 Å². The molecular formula is C17H15Cl3N2O3. The number of hydrogen-bond acceptors (Lipinski definition) is 3. The molecule has 0 heterocycles. The maximum absolute atomic E-state index is 11.9. The highest BCUT2D eigenvalue weighted by Gasteiger charge is 2.12. The average Bonchev–Trinajstić information content (AvgIpc) is 2.55. The van der Waals surface area contributed by atoms with Crippen molar-refractivity contribution in [2.24, 2.45) is 5.73 Å². The van der Waals surface area contributed by atoms with E-state index in [9.17, 15) is 9.59 Å².